The highest BCUT2D eigenvalue weighted by Crippen LogP contribution is 2.12. The summed E-state index contributed by atoms with van der Waals surface area (Å²) in [5.74, 6) is -0.503. The second-order valence-electron chi connectivity index (χ2n) is 2.83. The molecule has 0 bridgehead atoms. The fraction of sp³-hybridized carbons (Fsp3) is 0.222. The molecule has 1 aromatic heterocycles. The van der Waals surface area contributed by atoms with Crippen LogP contribution in [0.4, 0.5) is 10.1 Å². The lowest BCUT2D eigenvalue weighted by Gasteiger charge is -1.99. The van der Waals surface area contributed by atoms with Crippen LogP contribution in [0.5, 0.6) is 0 Å². The van der Waals surface area contributed by atoms with E-state index in [2.05, 4.69) is 4.98 Å². The van der Waals surface area contributed by atoms with Crippen molar-refractivity contribution in [2.24, 2.45) is 0 Å². The average Bonchev–Trinajstić information content (AvgIpc) is 1.96. The second-order valence-corrected chi connectivity index (χ2v) is 2.83. The molecule has 0 unspecified atom stereocenters. The number of aromatic nitrogens is 1. The molecule has 0 amide bonds. The van der Waals surface area contributed by atoms with Gasteiger partial charge in [-0.3, -0.25) is 0 Å². The summed E-state index contributed by atoms with van der Waals surface area (Å²) >= 11 is 0. The van der Waals surface area contributed by atoms with Gasteiger partial charge >= 0.3 is 0 Å². The summed E-state index contributed by atoms with van der Waals surface area (Å²) in [6, 6.07) is 2.76. The molecule has 1 aromatic rings. The van der Waals surface area contributed by atoms with Crippen LogP contribution in [0.3, 0.4) is 0 Å². The van der Waals surface area contributed by atoms with Gasteiger partial charge < -0.3 is 5.73 Å². The van der Waals surface area contributed by atoms with Crippen molar-refractivity contribution in [1.82, 2.24) is 4.98 Å². The van der Waals surface area contributed by atoms with Gasteiger partial charge in [-0.2, -0.15) is 4.39 Å². The van der Waals surface area contributed by atoms with Crippen LogP contribution < -0.4 is 5.73 Å². The molecule has 12 heavy (non-hydrogen) atoms. The van der Waals surface area contributed by atoms with Crippen molar-refractivity contribution in [3.8, 4) is 0 Å². The molecule has 0 fully saturated rings. The van der Waals surface area contributed by atoms with E-state index in [1.165, 1.54) is 12.1 Å². The van der Waals surface area contributed by atoms with Crippen molar-refractivity contribution in [2.75, 3.05) is 5.73 Å². The van der Waals surface area contributed by atoms with Gasteiger partial charge in [-0.05, 0) is 32.1 Å². The normalized spacial score (nSPS) is 9.58. The average molecular weight is 166 g/mol. The molecule has 0 spiro atoms. The van der Waals surface area contributed by atoms with Crippen LogP contribution in [-0.4, -0.2) is 4.98 Å². The molecule has 1 heterocycles. The zero-order valence-electron chi connectivity index (χ0n) is 7.13. The van der Waals surface area contributed by atoms with E-state index >= 15 is 0 Å². The van der Waals surface area contributed by atoms with E-state index in [0.29, 0.717) is 11.4 Å². The molecule has 0 saturated heterocycles. The van der Waals surface area contributed by atoms with Gasteiger partial charge in [0.15, 0.2) is 0 Å². The number of anilines is 1. The van der Waals surface area contributed by atoms with Crippen LogP contribution in [-0.2, 0) is 0 Å². The fourth-order valence-electron chi connectivity index (χ4n) is 0.850. The number of nitrogens with two attached hydrogens (primary N) is 1. The van der Waals surface area contributed by atoms with Crippen molar-refractivity contribution in [3.05, 3.63) is 29.3 Å². The Balaban J connectivity index is 3.14. The molecular weight excluding hydrogens is 155 g/mol. The number of rotatable bonds is 1. The summed E-state index contributed by atoms with van der Waals surface area (Å²) in [6.45, 7) is 3.82. The molecule has 0 saturated carbocycles. The number of nitrogens with zero attached hydrogens (tertiary/aromatic N) is 1. The molecule has 0 aliphatic heterocycles. The number of pyridine rings is 1. The highest BCUT2D eigenvalue weighted by molar-refractivity contribution is 5.61. The molecule has 2 nitrogen and oxygen atoms in total. The Morgan fingerprint density at radius 1 is 1.50 bits per heavy atom. The van der Waals surface area contributed by atoms with Crippen LogP contribution in [0, 0.1) is 5.95 Å². The van der Waals surface area contributed by atoms with Gasteiger partial charge in [0.05, 0.1) is 11.4 Å². The Morgan fingerprint density at radius 3 is 2.75 bits per heavy atom. The van der Waals surface area contributed by atoms with Gasteiger partial charge in [-0.1, -0.05) is 5.57 Å². The SMILES string of the molecule is CC(C)=Cc1nc(F)ccc1N. The molecule has 2 N–H and O–H groups in total. The number of halogens is 1. The monoisotopic (exact) mass is 166 g/mol. The highest BCUT2D eigenvalue weighted by atomic mass is 19.1. The summed E-state index contributed by atoms with van der Waals surface area (Å²) < 4.78 is 12.6. The first-order valence-electron chi connectivity index (χ1n) is 3.66. The molecule has 3 heteroatoms. The van der Waals surface area contributed by atoms with Gasteiger partial charge in [0, 0.05) is 0 Å². The molecule has 0 radical (unpaired) electrons. The third-order valence-electron chi connectivity index (χ3n) is 1.35. The van der Waals surface area contributed by atoms with Crippen LogP contribution >= 0.6 is 0 Å². The van der Waals surface area contributed by atoms with E-state index in [1.54, 1.807) is 6.08 Å². The van der Waals surface area contributed by atoms with Crippen molar-refractivity contribution >= 4 is 11.8 Å². The van der Waals surface area contributed by atoms with Gasteiger partial charge in [-0.15, -0.1) is 0 Å². The van der Waals surface area contributed by atoms with Crippen LogP contribution in [0.1, 0.15) is 19.5 Å². The maximum Gasteiger partial charge on any atom is 0.213 e. The van der Waals surface area contributed by atoms with Crippen LogP contribution in [0.15, 0.2) is 17.7 Å². The Morgan fingerprint density at radius 2 is 2.17 bits per heavy atom. The topological polar surface area (TPSA) is 38.9 Å². The molecule has 0 aliphatic carbocycles. The Hall–Kier alpha value is -1.38. The third-order valence-corrected chi connectivity index (χ3v) is 1.35. The Bertz CT molecular complexity index is 314. The second kappa shape index (κ2) is 3.34. The molecule has 0 aromatic carbocycles. The van der Waals surface area contributed by atoms with Crippen molar-refractivity contribution in [1.29, 1.82) is 0 Å². The van der Waals surface area contributed by atoms with Gasteiger partial charge in [0.25, 0.3) is 0 Å². The maximum absolute atomic E-state index is 12.6. The molecule has 0 atom stereocenters. The zero-order chi connectivity index (χ0) is 9.14. The predicted molar refractivity (Wildman–Crippen MR) is 47.9 cm³/mol. The Labute approximate surface area is 70.9 Å². The quantitative estimate of drug-likeness (QED) is 0.650. The first-order valence-corrected chi connectivity index (χ1v) is 3.66. The first-order chi connectivity index (χ1) is 5.59. The minimum absolute atomic E-state index is 0.495. The standard InChI is InChI=1S/C9H11FN2/c1-6(2)5-8-7(11)3-4-9(10)12-8/h3-5H,11H2,1-2H3. The van der Waals surface area contributed by atoms with Gasteiger partial charge in [-0.25, -0.2) is 4.98 Å². The molecule has 0 aliphatic rings. The molecule has 64 valence electrons. The zero-order valence-corrected chi connectivity index (χ0v) is 7.13. The largest absolute Gasteiger partial charge is 0.397 e. The van der Waals surface area contributed by atoms with Crippen molar-refractivity contribution in [3.63, 3.8) is 0 Å². The van der Waals surface area contributed by atoms with Gasteiger partial charge in [0.2, 0.25) is 5.95 Å². The number of hydrogen-bond acceptors (Lipinski definition) is 2. The lowest BCUT2D eigenvalue weighted by Crippen LogP contribution is -1.94. The van der Waals surface area contributed by atoms with Crippen LogP contribution in [0.25, 0.3) is 6.08 Å². The maximum atomic E-state index is 12.6. The smallest absolute Gasteiger partial charge is 0.213 e. The lowest BCUT2D eigenvalue weighted by atomic mass is 10.2. The number of allylic oxidation sites excluding steroid dienone is 1. The highest BCUT2D eigenvalue weighted by Gasteiger charge is 1.98. The van der Waals surface area contributed by atoms with E-state index in [4.69, 9.17) is 5.73 Å². The van der Waals surface area contributed by atoms with E-state index in [9.17, 15) is 4.39 Å². The van der Waals surface area contributed by atoms with E-state index in [0.717, 1.165) is 5.57 Å². The summed E-state index contributed by atoms with van der Waals surface area (Å²) in [5.41, 5.74) is 7.60. The van der Waals surface area contributed by atoms with Crippen molar-refractivity contribution < 1.29 is 4.39 Å². The number of nitrogen functional groups attached to an aromatic ring is 1. The predicted octanol–water partition coefficient (Wildman–Crippen LogP) is 2.23. The summed E-state index contributed by atoms with van der Waals surface area (Å²) in [4.78, 5) is 3.64. The molecule has 1 rings (SSSR count). The third kappa shape index (κ3) is 2.05. The summed E-state index contributed by atoms with van der Waals surface area (Å²) in [6.07, 6.45) is 1.75. The van der Waals surface area contributed by atoms with Gasteiger partial charge in [0.1, 0.15) is 0 Å². The number of hydrogen-bond donors (Lipinski definition) is 1. The van der Waals surface area contributed by atoms with E-state index < -0.39 is 5.95 Å². The van der Waals surface area contributed by atoms with E-state index in [1.807, 2.05) is 13.8 Å². The minimum atomic E-state index is -0.503. The summed E-state index contributed by atoms with van der Waals surface area (Å²) in [5, 5.41) is 0. The minimum Gasteiger partial charge on any atom is -0.397 e. The Kier molecular flexibility index (Phi) is 2.43. The summed E-state index contributed by atoms with van der Waals surface area (Å²) in [7, 11) is 0. The van der Waals surface area contributed by atoms with Crippen molar-refractivity contribution in [2.45, 2.75) is 13.8 Å². The first kappa shape index (κ1) is 8.71. The molecular formula is C9H11FN2. The lowest BCUT2D eigenvalue weighted by molar-refractivity contribution is 0.583. The van der Waals surface area contributed by atoms with E-state index in [-0.39, 0.29) is 0 Å². The van der Waals surface area contributed by atoms with Crippen LogP contribution in [0.2, 0.25) is 0 Å². The fourth-order valence-corrected chi connectivity index (χ4v) is 0.850.